The van der Waals surface area contributed by atoms with Crippen LogP contribution in [-0.2, 0) is 0 Å². The van der Waals surface area contributed by atoms with Gasteiger partial charge in [-0.05, 0) is 29.8 Å². The number of aromatic hydroxyl groups is 2. The second-order valence-corrected chi connectivity index (χ2v) is 6.61. The maximum atomic E-state index is 9.62. The number of piperazine rings is 1. The SMILES string of the molecule is Oc1ccc([C@@H]2NCCN[C@@H]2c2c(Cl)cc(O)cc2Cl)c(Cl)c1. The number of phenols is 2. The van der Waals surface area contributed by atoms with Crippen LogP contribution >= 0.6 is 34.8 Å². The van der Waals surface area contributed by atoms with Crippen LogP contribution < -0.4 is 10.6 Å². The van der Waals surface area contributed by atoms with Crippen molar-refractivity contribution in [2.24, 2.45) is 0 Å². The van der Waals surface area contributed by atoms with Crippen molar-refractivity contribution in [3.63, 3.8) is 0 Å². The monoisotopic (exact) mass is 372 g/mol. The Kier molecular flexibility index (Phi) is 4.90. The van der Waals surface area contributed by atoms with Crippen molar-refractivity contribution in [1.29, 1.82) is 0 Å². The van der Waals surface area contributed by atoms with Gasteiger partial charge in [0.05, 0.1) is 22.1 Å². The number of benzene rings is 2. The molecule has 2 atom stereocenters. The minimum Gasteiger partial charge on any atom is -0.508 e. The predicted octanol–water partition coefficient (Wildman–Crippen LogP) is 4.03. The summed E-state index contributed by atoms with van der Waals surface area (Å²) in [6.45, 7) is 1.50. The second kappa shape index (κ2) is 6.75. The molecular formula is C16H15Cl3N2O2. The normalized spacial score (nSPS) is 21.3. The van der Waals surface area contributed by atoms with Gasteiger partial charge in [0.2, 0.25) is 0 Å². The Balaban J connectivity index is 2.06. The van der Waals surface area contributed by atoms with E-state index in [1.807, 2.05) is 0 Å². The zero-order valence-corrected chi connectivity index (χ0v) is 14.3. The van der Waals surface area contributed by atoms with E-state index in [9.17, 15) is 10.2 Å². The lowest BCUT2D eigenvalue weighted by molar-refractivity contribution is 0.333. The van der Waals surface area contributed by atoms with E-state index >= 15 is 0 Å². The van der Waals surface area contributed by atoms with Crippen LogP contribution in [0.4, 0.5) is 0 Å². The first-order chi connectivity index (χ1) is 11.0. The molecule has 23 heavy (non-hydrogen) atoms. The molecule has 0 spiro atoms. The molecule has 2 aromatic rings. The quantitative estimate of drug-likeness (QED) is 0.642. The molecule has 0 unspecified atom stereocenters. The lowest BCUT2D eigenvalue weighted by Gasteiger charge is -2.35. The fourth-order valence-electron chi connectivity index (χ4n) is 2.89. The molecule has 0 bridgehead atoms. The van der Waals surface area contributed by atoms with Crippen molar-refractivity contribution in [2.75, 3.05) is 13.1 Å². The van der Waals surface area contributed by atoms with Gasteiger partial charge in [-0.1, -0.05) is 40.9 Å². The highest BCUT2D eigenvalue weighted by atomic mass is 35.5. The Morgan fingerprint density at radius 2 is 1.35 bits per heavy atom. The highest BCUT2D eigenvalue weighted by Gasteiger charge is 2.32. The largest absolute Gasteiger partial charge is 0.508 e. The summed E-state index contributed by atoms with van der Waals surface area (Å²) in [6.07, 6.45) is 0. The molecule has 1 aliphatic rings. The molecule has 4 nitrogen and oxygen atoms in total. The lowest BCUT2D eigenvalue weighted by atomic mass is 9.91. The molecule has 3 rings (SSSR count). The third kappa shape index (κ3) is 3.37. The maximum absolute atomic E-state index is 9.62. The number of rotatable bonds is 2. The molecule has 0 aliphatic carbocycles. The fourth-order valence-corrected chi connectivity index (χ4v) is 3.89. The van der Waals surface area contributed by atoms with Crippen molar-refractivity contribution in [2.45, 2.75) is 12.1 Å². The van der Waals surface area contributed by atoms with Crippen LogP contribution in [0.15, 0.2) is 30.3 Å². The summed E-state index contributed by atoms with van der Waals surface area (Å²) in [5.41, 5.74) is 1.54. The van der Waals surface area contributed by atoms with Crippen LogP contribution in [0.2, 0.25) is 15.1 Å². The Labute approximate surface area is 149 Å². The van der Waals surface area contributed by atoms with Crippen molar-refractivity contribution in [1.82, 2.24) is 10.6 Å². The summed E-state index contributed by atoms with van der Waals surface area (Å²) >= 11 is 18.9. The van der Waals surface area contributed by atoms with Gasteiger partial charge in [0.15, 0.2) is 0 Å². The zero-order chi connectivity index (χ0) is 16.6. The van der Waals surface area contributed by atoms with Gasteiger partial charge in [0, 0.05) is 23.7 Å². The molecule has 0 radical (unpaired) electrons. The van der Waals surface area contributed by atoms with Gasteiger partial charge >= 0.3 is 0 Å². The predicted molar refractivity (Wildman–Crippen MR) is 92.7 cm³/mol. The molecule has 1 saturated heterocycles. The molecule has 0 saturated carbocycles. The fraction of sp³-hybridized carbons (Fsp3) is 0.250. The number of halogens is 3. The Morgan fingerprint density at radius 1 is 0.783 bits per heavy atom. The number of hydrogen-bond acceptors (Lipinski definition) is 4. The molecule has 122 valence electrons. The van der Waals surface area contributed by atoms with E-state index in [1.165, 1.54) is 18.2 Å². The minimum atomic E-state index is -0.216. The maximum Gasteiger partial charge on any atom is 0.118 e. The first-order valence-corrected chi connectivity index (χ1v) is 8.24. The average molecular weight is 374 g/mol. The van der Waals surface area contributed by atoms with Crippen LogP contribution in [0.1, 0.15) is 23.2 Å². The summed E-state index contributed by atoms with van der Waals surface area (Å²) < 4.78 is 0. The molecule has 7 heteroatoms. The highest BCUT2D eigenvalue weighted by Crippen LogP contribution is 2.42. The van der Waals surface area contributed by atoms with Gasteiger partial charge in [-0.15, -0.1) is 0 Å². The van der Waals surface area contributed by atoms with Crippen molar-refractivity contribution >= 4 is 34.8 Å². The Morgan fingerprint density at radius 3 is 1.96 bits per heavy atom. The summed E-state index contributed by atoms with van der Waals surface area (Å²) in [4.78, 5) is 0. The van der Waals surface area contributed by atoms with E-state index in [1.54, 1.807) is 12.1 Å². The summed E-state index contributed by atoms with van der Waals surface area (Å²) in [6, 6.07) is 7.42. The summed E-state index contributed by atoms with van der Waals surface area (Å²) in [7, 11) is 0. The van der Waals surface area contributed by atoms with Gasteiger partial charge in [0.1, 0.15) is 11.5 Å². The molecule has 2 aromatic carbocycles. The van der Waals surface area contributed by atoms with Crippen LogP contribution in [-0.4, -0.2) is 23.3 Å². The molecule has 0 amide bonds. The Hall–Kier alpha value is -1.17. The van der Waals surface area contributed by atoms with Crippen LogP contribution in [0.5, 0.6) is 11.5 Å². The van der Waals surface area contributed by atoms with Gasteiger partial charge < -0.3 is 20.8 Å². The zero-order valence-electron chi connectivity index (χ0n) is 12.0. The van der Waals surface area contributed by atoms with E-state index in [0.717, 1.165) is 18.7 Å². The van der Waals surface area contributed by atoms with Crippen molar-refractivity contribution < 1.29 is 10.2 Å². The average Bonchev–Trinajstić information content (AvgIpc) is 2.47. The molecular weight excluding hydrogens is 359 g/mol. The van der Waals surface area contributed by atoms with Gasteiger partial charge in [-0.3, -0.25) is 0 Å². The molecule has 0 aromatic heterocycles. The topological polar surface area (TPSA) is 64.5 Å². The number of phenolic OH excluding ortho intramolecular Hbond substituents is 2. The van der Waals surface area contributed by atoms with Crippen LogP contribution in [0, 0.1) is 0 Å². The first-order valence-electron chi connectivity index (χ1n) is 7.10. The van der Waals surface area contributed by atoms with Crippen LogP contribution in [0.3, 0.4) is 0 Å². The van der Waals surface area contributed by atoms with Crippen molar-refractivity contribution in [3.8, 4) is 11.5 Å². The van der Waals surface area contributed by atoms with E-state index < -0.39 is 0 Å². The molecule has 4 N–H and O–H groups in total. The number of hydrogen-bond donors (Lipinski definition) is 4. The lowest BCUT2D eigenvalue weighted by Crippen LogP contribution is -2.45. The number of nitrogens with one attached hydrogen (secondary N) is 2. The standard InChI is InChI=1S/C16H15Cl3N2O2/c17-11-5-8(22)1-2-10(11)15-16(21-4-3-20-15)14-12(18)6-9(23)7-13(14)19/h1-2,5-7,15-16,20-23H,3-4H2/t15-,16+/m0/s1. The van der Waals surface area contributed by atoms with Gasteiger partial charge in [-0.2, -0.15) is 0 Å². The second-order valence-electron chi connectivity index (χ2n) is 5.39. The molecule has 1 fully saturated rings. The minimum absolute atomic E-state index is 0.0201. The van der Waals surface area contributed by atoms with E-state index in [4.69, 9.17) is 34.8 Å². The smallest absolute Gasteiger partial charge is 0.118 e. The van der Waals surface area contributed by atoms with Gasteiger partial charge in [0.25, 0.3) is 0 Å². The van der Waals surface area contributed by atoms with Gasteiger partial charge in [-0.25, -0.2) is 0 Å². The van der Waals surface area contributed by atoms with Crippen molar-refractivity contribution in [3.05, 3.63) is 56.5 Å². The van der Waals surface area contributed by atoms with E-state index in [0.29, 0.717) is 20.6 Å². The highest BCUT2D eigenvalue weighted by molar-refractivity contribution is 6.36. The summed E-state index contributed by atoms with van der Waals surface area (Å²) in [5.74, 6) is 0.131. The Bertz CT molecular complexity index is 716. The van der Waals surface area contributed by atoms with E-state index in [-0.39, 0.29) is 23.6 Å². The third-order valence-electron chi connectivity index (χ3n) is 3.88. The van der Waals surface area contributed by atoms with Crippen LogP contribution in [0.25, 0.3) is 0 Å². The third-order valence-corrected chi connectivity index (χ3v) is 4.83. The summed E-state index contributed by atoms with van der Waals surface area (Å²) in [5, 5.41) is 27.2. The first kappa shape index (κ1) is 16.7. The molecule has 1 heterocycles. The van der Waals surface area contributed by atoms with E-state index in [2.05, 4.69) is 10.6 Å². The molecule has 1 aliphatic heterocycles.